The van der Waals surface area contributed by atoms with Gasteiger partial charge in [0.25, 0.3) is 0 Å². The first-order valence-corrected chi connectivity index (χ1v) is 7.69. The van der Waals surface area contributed by atoms with Gasteiger partial charge in [0.05, 0.1) is 12.8 Å². The van der Waals surface area contributed by atoms with Crippen molar-refractivity contribution in [2.75, 3.05) is 19.6 Å². The number of nitrogens with one attached hydrogen (secondary N) is 1. The van der Waals surface area contributed by atoms with Gasteiger partial charge >= 0.3 is 0 Å². The summed E-state index contributed by atoms with van der Waals surface area (Å²) in [5, 5.41) is 3.45. The van der Waals surface area contributed by atoms with Crippen molar-refractivity contribution in [3.8, 4) is 0 Å². The van der Waals surface area contributed by atoms with Crippen molar-refractivity contribution in [1.82, 2.24) is 10.2 Å². The summed E-state index contributed by atoms with van der Waals surface area (Å²) in [6.45, 7) is 12.3. The number of hydrogen-bond donors (Lipinski definition) is 1. The standard InChI is InChI=1S/C16H28N2O/c1-4-7-17-10-15-6-9-19-16(15)12-18-8-5-13(2)14(3)11-18/h6,9,13-14,17H,4-5,7-8,10-12H2,1-3H3. The molecule has 3 heteroatoms. The fraction of sp³-hybridized carbons (Fsp3) is 0.750. The van der Waals surface area contributed by atoms with Crippen LogP contribution in [0.1, 0.15) is 44.9 Å². The topological polar surface area (TPSA) is 28.4 Å². The average Bonchev–Trinajstić information content (AvgIpc) is 2.82. The van der Waals surface area contributed by atoms with Crippen LogP contribution < -0.4 is 5.32 Å². The minimum atomic E-state index is 0.797. The Labute approximate surface area is 117 Å². The second-order valence-corrected chi connectivity index (χ2v) is 6.02. The summed E-state index contributed by atoms with van der Waals surface area (Å²) in [4.78, 5) is 2.53. The highest BCUT2D eigenvalue weighted by atomic mass is 16.3. The zero-order chi connectivity index (χ0) is 13.7. The molecule has 1 aliphatic rings. The molecule has 2 unspecified atom stereocenters. The third-order valence-electron chi connectivity index (χ3n) is 4.37. The lowest BCUT2D eigenvalue weighted by atomic mass is 9.88. The van der Waals surface area contributed by atoms with Crippen molar-refractivity contribution in [3.05, 3.63) is 23.7 Å². The van der Waals surface area contributed by atoms with Crippen molar-refractivity contribution < 1.29 is 4.42 Å². The van der Waals surface area contributed by atoms with Crippen LogP contribution in [0.25, 0.3) is 0 Å². The molecule has 2 heterocycles. The molecule has 2 rings (SSSR count). The quantitative estimate of drug-likeness (QED) is 0.799. The van der Waals surface area contributed by atoms with Crippen LogP contribution in [0.15, 0.2) is 16.7 Å². The average molecular weight is 264 g/mol. The van der Waals surface area contributed by atoms with Crippen molar-refractivity contribution in [1.29, 1.82) is 0 Å². The molecule has 0 bridgehead atoms. The maximum absolute atomic E-state index is 5.68. The van der Waals surface area contributed by atoms with Crippen molar-refractivity contribution >= 4 is 0 Å². The van der Waals surface area contributed by atoms with Gasteiger partial charge in [0.15, 0.2) is 0 Å². The summed E-state index contributed by atoms with van der Waals surface area (Å²) in [6.07, 6.45) is 4.31. The Morgan fingerprint density at radius 3 is 2.95 bits per heavy atom. The number of piperidine rings is 1. The maximum atomic E-state index is 5.68. The Kier molecular flexibility index (Phi) is 5.46. The summed E-state index contributed by atoms with van der Waals surface area (Å²) in [7, 11) is 0. The molecule has 3 nitrogen and oxygen atoms in total. The van der Waals surface area contributed by atoms with E-state index in [4.69, 9.17) is 4.42 Å². The molecule has 108 valence electrons. The summed E-state index contributed by atoms with van der Waals surface area (Å²) in [5.74, 6) is 2.80. The molecule has 1 fully saturated rings. The normalized spacial score (nSPS) is 24.8. The van der Waals surface area contributed by atoms with E-state index in [-0.39, 0.29) is 0 Å². The van der Waals surface area contributed by atoms with Crippen molar-refractivity contribution in [2.24, 2.45) is 11.8 Å². The molecule has 1 aliphatic heterocycles. The number of rotatable bonds is 6. The van der Waals surface area contributed by atoms with Crippen LogP contribution in [0.3, 0.4) is 0 Å². The second kappa shape index (κ2) is 7.11. The van der Waals surface area contributed by atoms with Crippen LogP contribution in [0.2, 0.25) is 0 Å². The van der Waals surface area contributed by atoms with E-state index in [1.54, 1.807) is 0 Å². The van der Waals surface area contributed by atoms with Crippen molar-refractivity contribution in [2.45, 2.75) is 46.7 Å². The summed E-state index contributed by atoms with van der Waals surface area (Å²) in [6, 6.07) is 2.11. The second-order valence-electron chi connectivity index (χ2n) is 6.02. The predicted octanol–water partition coefficient (Wildman–Crippen LogP) is 3.26. The van der Waals surface area contributed by atoms with Gasteiger partial charge in [-0.15, -0.1) is 0 Å². The third kappa shape index (κ3) is 4.08. The Morgan fingerprint density at radius 1 is 1.37 bits per heavy atom. The van der Waals surface area contributed by atoms with Crippen LogP contribution in [-0.4, -0.2) is 24.5 Å². The SMILES string of the molecule is CCCNCc1ccoc1CN1CCC(C)C(C)C1. The minimum absolute atomic E-state index is 0.797. The number of furan rings is 1. The minimum Gasteiger partial charge on any atom is -0.468 e. The summed E-state index contributed by atoms with van der Waals surface area (Å²) < 4.78 is 5.68. The highest BCUT2D eigenvalue weighted by molar-refractivity contribution is 5.16. The Morgan fingerprint density at radius 2 is 2.21 bits per heavy atom. The van der Waals surface area contributed by atoms with E-state index < -0.39 is 0 Å². The summed E-state index contributed by atoms with van der Waals surface area (Å²) >= 11 is 0. The van der Waals surface area contributed by atoms with Gasteiger partial charge in [0.2, 0.25) is 0 Å². The molecule has 0 aromatic carbocycles. The van der Waals surface area contributed by atoms with E-state index in [1.165, 1.54) is 31.5 Å². The first-order valence-electron chi connectivity index (χ1n) is 7.69. The molecule has 1 N–H and O–H groups in total. The summed E-state index contributed by atoms with van der Waals surface area (Å²) in [5.41, 5.74) is 1.32. The molecule has 0 saturated carbocycles. The van der Waals surface area contributed by atoms with Gasteiger partial charge in [-0.25, -0.2) is 0 Å². The van der Waals surface area contributed by atoms with E-state index in [9.17, 15) is 0 Å². The smallest absolute Gasteiger partial charge is 0.122 e. The van der Waals surface area contributed by atoms with Crippen LogP contribution in [0, 0.1) is 11.8 Å². The van der Waals surface area contributed by atoms with Gasteiger partial charge in [-0.05, 0) is 43.8 Å². The molecule has 1 aromatic rings. The van der Waals surface area contributed by atoms with E-state index >= 15 is 0 Å². The monoisotopic (exact) mass is 264 g/mol. The molecule has 1 aromatic heterocycles. The maximum Gasteiger partial charge on any atom is 0.122 e. The molecular weight excluding hydrogens is 236 g/mol. The van der Waals surface area contributed by atoms with E-state index in [2.05, 4.69) is 37.1 Å². The fourth-order valence-electron chi connectivity index (χ4n) is 2.76. The van der Waals surface area contributed by atoms with Crippen LogP contribution >= 0.6 is 0 Å². The van der Waals surface area contributed by atoms with Crippen LogP contribution in [-0.2, 0) is 13.1 Å². The molecule has 0 aliphatic carbocycles. The van der Waals surface area contributed by atoms with E-state index in [0.717, 1.165) is 37.2 Å². The number of likely N-dealkylation sites (tertiary alicyclic amines) is 1. The van der Waals surface area contributed by atoms with Crippen LogP contribution in [0.4, 0.5) is 0 Å². The molecule has 0 amide bonds. The third-order valence-corrected chi connectivity index (χ3v) is 4.37. The van der Waals surface area contributed by atoms with Gasteiger partial charge in [-0.2, -0.15) is 0 Å². The highest BCUT2D eigenvalue weighted by Gasteiger charge is 2.23. The van der Waals surface area contributed by atoms with Gasteiger partial charge in [-0.3, -0.25) is 4.90 Å². The van der Waals surface area contributed by atoms with Gasteiger partial charge < -0.3 is 9.73 Å². The number of nitrogens with zero attached hydrogens (tertiary/aromatic N) is 1. The first-order chi connectivity index (χ1) is 9.20. The Bertz CT molecular complexity index is 375. The van der Waals surface area contributed by atoms with Crippen LogP contribution in [0.5, 0.6) is 0 Å². The lowest BCUT2D eigenvalue weighted by Crippen LogP contribution is -2.38. The molecule has 1 saturated heterocycles. The zero-order valence-electron chi connectivity index (χ0n) is 12.6. The van der Waals surface area contributed by atoms with Gasteiger partial charge in [0.1, 0.15) is 5.76 Å². The van der Waals surface area contributed by atoms with Gasteiger partial charge in [-0.1, -0.05) is 20.8 Å². The Balaban J connectivity index is 1.87. The number of hydrogen-bond acceptors (Lipinski definition) is 3. The van der Waals surface area contributed by atoms with Gasteiger partial charge in [0, 0.05) is 18.7 Å². The lowest BCUT2D eigenvalue weighted by molar-refractivity contribution is 0.124. The zero-order valence-corrected chi connectivity index (χ0v) is 12.6. The van der Waals surface area contributed by atoms with E-state index in [0.29, 0.717) is 0 Å². The van der Waals surface area contributed by atoms with E-state index in [1.807, 2.05) is 6.26 Å². The molecule has 0 radical (unpaired) electrons. The molecular formula is C16H28N2O. The first kappa shape index (κ1) is 14.6. The highest BCUT2D eigenvalue weighted by Crippen LogP contribution is 2.24. The predicted molar refractivity (Wildman–Crippen MR) is 78.9 cm³/mol. The largest absolute Gasteiger partial charge is 0.468 e. The van der Waals surface area contributed by atoms with Crippen molar-refractivity contribution in [3.63, 3.8) is 0 Å². The molecule has 0 spiro atoms. The fourth-order valence-corrected chi connectivity index (χ4v) is 2.76. The molecule has 19 heavy (non-hydrogen) atoms. The lowest BCUT2D eigenvalue weighted by Gasteiger charge is -2.34. The molecule has 2 atom stereocenters. The Hall–Kier alpha value is -0.800.